The van der Waals surface area contributed by atoms with Gasteiger partial charge in [-0.1, -0.05) is 23.4 Å². The van der Waals surface area contributed by atoms with Gasteiger partial charge in [-0.2, -0.15) is 0 Å². The number of nitrogens with zero attached hydrogens (tertiary/aromatic N) is 4. The lowest BCUT2D eigenvalue weighted by Gasteiger charge is -2.13. The highest BCUT2D eigenvalue weighted by Crippen LogP contribution is 2.40. The van der Waals surface area contributed by atoms with Gasteiger partial charge in [0.25, 0.3) is 5.56 Å². The Balaban J connectivity index is 1.54. The standard InChI is InChI=1S/C20H24N4O2/c1-14-18(20(25)24(23(14)3)17-7-5-4-6-8-17)13-22(2)12-16-11-19(26-21-16)15-9-10-15/h4-8,11,15H,9-10,12-13H2,1-3H3. The van der Waals surface area contributed by atoms with Gasteiger partial charge < -0.3 is 4.52 Å². The molecule has 1 fully saturated rings. The monoisotopic (exact) mass is 352 g/mol. The summed E-state index contributed by atoms with van der Waals surface area (Å²) < 4.78 is 9.06. The van der Waals surface area contributed by atoms with Gasteiger partial charge in [0.2, 0.25) is 0 Å². The Kier molecular flexibility index (Phi) is 4.28. The van der Waals surface area contributed by atoms with Crippen LogP contribution < -0.4 is 5.56 Å². The van der Waals surface area contributed by atoms with Crippen molar-refractivity contribution in [1.29, 1.82) is 0 Å². The molecule has 0 saturated heterocycles. The van der Waals surface area contributed by atoms with Gasteiger partial charge >= 0.3 is 0 Å². The van der Waals surface area contributed by atoms with E-state index >= 15 is 0 Å². The second kappa shape index (κ2) is 6.61. The van der Waals surface area contributed by atoms with Crippen molar-refractivity contribution in [3.8, 4) is 5.69 Å². The molecule has 0 atom stereocenters. The minimum Gasteiger partial charge on any atom is -0.361 e. The van der Waals surface area contributed by atoms with Crippen LogP contribution in [-0.2, 0) is 20.1 Å². The molecule has 136 valence electrons. The van der Waals surface area contributed by atoms with E-state index in [0.29, 0.717) is 19.0 Å². The smallest absolute Gasteiger partial charge is 0.276 e. The van der Waals surface area contributed by atoms with Crippen molar-refractivity contribution in [2.75, 3.05) is 7.05 Å². The molecule has 6 heteroatoms. The van der Waals surface area contributed by atoms with Crippen LogP contribution >= 0.6 is 0 Å². The summed E-state index contributed by atoms with van der Waals surface area (Å²) in [6, 6.07) is 11.8. The Bertz CT molecular complexity index is 964. The maximum atomic E-state index is 13.0. The number of benzene rings is 1. The Morgan fingerprint density at radius 3 is 2.65 bits per heavy atom. The molecule has 2 aromatic heterocycles. The Morgan fingerprint density at radius 1 is 1.23 bits per heavy atom. The first-order valence-electron chi connectivity index (χ1n) is 9.01. The van der Waals surface area contributed by atoms with E-state index in [1.807, 2.05) is 62.1 Å². The van der Waals surface area contributed by atoms with Crippen LogP contribution in [0.2, 0.25) is 0 Å². The normalized spacial score (nSPS) is 14.3. The molecule has 1 saturated carbocycles. The summed E-state index contributed by atoms with van der Waals surface area (Å²) in [5.74, 6) is 1.56. The summed E-state index contributed by atoms with van der Waals surface area (Å²) in [5.41, 5.74) is 3.62. The third kappa shape index (κ3) is 3.12. The van der Waals surface area contributed by atoms with Crippen molar-refractivity contribution < 1.29 is 4.52 Å². The molecule has 1 aliphatic carbocycles. The van der Waals surface area contributed by atoms with Crippen LogP contribution in [0.15, 0.2) is 45.7 Å². The molecule has 0 N–H and O–H groups in total. The van der Waals surface area contributed by atoms with Gasteiger partial charge in [-0.25, -0.2) is 4.68 Å². The summed E-state index contributed by atoms with van der Waals surface area (Å²) in [6.07, 6.45) is 2.40. The number of rotatable bonds is 6. The SMILES string of the molecule is Cc1c(CN(C)Cc2cc(C3CC3)on2)c(=O)n(-c2ccccc2)n1C. The molecule has 6 nitrogen and oxygen atoms in total. The lowest BCUT2D eigenvalue weighted by molar-refractivity contribution is 0.299. The second-order valence-electron chi connectivity index (χ2n) is 7.21. The predicted molar refractivity (Wildman–Crippen MR) is 99.4 cm³/mol. The summed E-state index contributed by atoms with van der Waals surface area (Å²) in [5, 5.41) is 4.17. The molecular weight excluding hydrogens is 328 g/mol. The van der Waals surface area contributed by atoms with E-state index in [1.165, 1.54) is 12.8 Å². The Hall–Kier alpha value is -2.60. The van der Waals surface area contributed by atoms with Crippen molar-refractivity contribution in [2.24, 2.45) is 7.05 Å². The molecule has 0 spiro atoms. The lowest BCUT2D eigenvalue weighted by atomic mass is 10.2. The second-order valence-corrected chi connectivity index (χ2v) is 7.21. The predicted octanol–water partition coefficient (Wildman–Crippen LogP) is 2.98. The van der Waals surface area contributed by atoms with Gasteiger partial charge in [0.05, 0.1) is 16.9 Å². The van der Waals surface area contributed by atoms with Gasteiger partial charge in [0, 0.05) is 37.8 Å². The minimum atomic E-state index is 0.0295. The summed E-state index contributed by atoms with van der Waals surface area (Å²) >= 11 is 0. The van der Waals surface area contributed by atoms with Gasteiger partial charge in [-0.05, 0) is 38.9 Å². The minimum absolute atomic E-state index is 0.0295. The van der Waals surface area contributed by atoms with E-state index in [4.69, 9.17) is 4.52 Å². The van der Waals surface area contributed by atoms with Gasteiger partial charge in [0.1, 0.15) is 5.76 Å². The average molecular weight is 352 g/mol. The zero-order valence-corrected chi connectivity index (χ0v) is 15.5. The highest BCUT2D eigenvalue weighted by Gasteiger charge is 2.28. The zero-order valence-electron chi connectivity index (χ0n) is 15.5. The first-order valence-corrected chi connectivity index (χ1v) is 9.01. The van der Waals surface area contributed by atoms with E-state index in [-0.39, 0.29) is 5.56 Å². The van der Waals surface area contributed by atoms with Crippen LogP contribution in [0.4, 0.5) is 0 Å². The van der Waals surface area contributed by atoms with Crippen molar-refractivity contribution >= 4 is 0 Å². The van der Waals surface area contributed by atoms with Crippen LogP contribution in [0, 0.1) is 6.92 Å². The topological polar surface area (TPSA) is 56.2 Å². The fourth-order valence-electron chi connectivity index (χ4n) is 3.37. The molecule has 0 radical (unpaired) electrons. The van der Waals surface area contributed by atoms with Crippen molar-refractivity contribution in [1.82, 2.24) is 19.4 Å². The Morgan fingerprint density at radius 2 is 1.96 bits per heavy atom. The quantitative estimate of drug-likeness (QED) is 0.684. The summed E-state index contributed by atoms with van der Waals surface area (Å²) in [7, 11) is 3.93. The molecular formula is C20H24N4O2. The van der Waals surface area contributed by atoms with Crippen LogP contribution in [-0.4, -0.2) is 26.5 Å². The number of aromatic nitrogens is 3. The van der Waals surface area contributed by atoms with E-state index < -0.39 is 0 Å². The fourth-order valence-corrected chi connectivity index (χ4v) is 3.37. The fraction of sp³-hybridized carbons (Fsp3) is 0.400. The van der Waals surface area contributed by atoms with Crippen LogP contribution in [0.3, 0.4) is 0 Å². The number of para-hydroxylation sites is 1. The first kappa shape index (κ1) is 16.8. The van der Waals surface area contributed by atoms with E-state index in [1.54, 1.807) is 4.68 Å². The highest BCUT2D eigenvalue weighted by molar-refractivity contribution is 5.33. The van der Waals surface area contributed by atoms with E-state index in [9.17, 15) is 4.79 Å². The average Bonchev–Trinajstić information content (AvgIpc) is 3.35. The maximum absolute atomic E-state index is 13.0. The van der Waals surface area contributed by atoms with Crippen molar-refractivity contribution in [2.45, 2.75) is 38.8 Å². The first-order chi connectivity index (χ1) is 12.5. The molecule has 1 aliphatic rings. The van der Waals surface area contributed by atoms with Crippen LogP contribution in [0.5, 0.6) is 0 Å². The summed E-state index contributed by atoms with van der Waals surface area (Å²) in [4.78, 5) is 15.1. The van der Waals surface area contributed by atoms with Gasteiger partial charge in [-0.3, -0.25) is 14.4 Å². The van der Waals surface area contributed by atoms with Gasteiger partial charge in [0.15, 0.2) is 0 Å². The summed E-state index contributed by atoms with van der Waals surface area (Å²) in [6.45, 7) is 3.23. The van der Waals surface area contributed by atoms with E-state index in [0.717, 1.165) is 28.4 Å². The highest BCUT2D eigenvalue weighted by atomic mass is 16.5. The lowest BCUT2D eigenvalue weighted by Crippen LogP contribution is -2.25. The maximum Gasteiger partial charge on any atom is 0.276 e. The molecule has 0 aliphatic heterocycles. The molecule has 4 rings (SSSR count). The Labute approximate surface area is 152 Å². The third-order valence-corrected chi connectivity index (χ3v) is 5.09. The zero-order chi connectivity index (χ0) is 18.3. The van der Waals surface area contributed by atoms with Crippen LogP contribution in [0.1, 0.15) is 41.5 Å². The van der Waals surface area contributed by atoms with E-state index in [2.05, 4.69) is 10.1 Å². The van der Waals surface area contributed by atoms with Crippen molar-refractivity contribution in [3.05, 3.63) is 69.5 Å². The molecule has 0 bridgehead atoms. The third-order valence-electron chi connectivity index (χ3n) is 5.09. The van der Waals surface area contributed by atoms with Crippen molar-refractivity contribution in [3.63, 3.8) is 0 Å². The van der Waals surface area contributed by atoms with Crippen LogP contribution in [0.25, 0.3) is 5.69 Å². The molecule has 0 amide bonds. The van der Waals surface area contributed by atoms with Gasteiger partial charge in [-0.15, -0.1) is 0 Å². The molecule has 0 unspecified atom stereocenters. The number of hydrogen-bond donors (Lipinski definition) is 0. The molecule has 3 aromatic rings. The molecule has 26 heavy (non-hydrogen) atoms. The largest absolute Gasteiger partial charge is 0.361 e. The molecule has 1 aromatic carbocycles. The number of hydrogen-bond acceptors (Lipinski definition) is 4. The molecule has 2 heterocycles.